The van der Waals surface area contributed by atoms with Crippen molar-refractivity contribution >= 4 is 0 Å². The lowest BCUT2D eigenvalue weighted by molar-refractivity contribution is -0.179. The Morgan fingerprint density at radius 1 is 0.384 bits per heavy atom. The fraction of sp³-hybridized carbons (Fsp3) is 0.552. The predicted molar refractivity (Wildman–Crippen MR) is 305 cm³/mol. The molecule has 0 aliphatic carbocycles. The smallest absolute Gasteiger partial charge is 0.243 e. The van der Waals surface area contributed by atoms with E-state index in [4.69, 9.17) is 14.2 Å². The molecule has 5 rings (SSSR count). The van der Waals surface area contributed by atoms with Crippen LogP contribution in [0.3, 0.4) is 0 Å². The van der Waals surface area contributed by atoms with Gasteiger partial charge in [0.05, 0.1) is 18.6 Å². The predicted octanol–water partition coefficient (Wildman–Crippen LogP) is 17.2. The van der Waals surface area contributed by atoms with Gasteiger partial charge in [-0.05, 0) is 84.2 Å². The maximum atomic E-state index is 12.4. The fourth-order valence-electron chi connectivity index (χ4n) is 10.4. The molecule has 0 heterocycles. The van der Waals surface area contributed by atoms with Crippen LogP contribution in [0.2, 0.25) is 0 Å². The van der Waals surface area contributed by atoms with Gasteiger partial charge in [-0.3, -0.25) is 0 Å². The molecular weight excluding hydrogens is 901 g/mol. The molecular formula is C67H96O6. The fourth-order valence-corrected chi connectivity index (χ4v) is 10.4. The van der Waals surface area contributed by atoms with Crippen LogP contribution in [0.1, 0.15) is 216 Å². The largest absolute Gasteiger partial charge is 0.455 e. The third-order valence-corrected chi connectivity index (χ3v) is 14.8. The molecule has 5 aromatic carbocycles. The van der Waals surface area contributed by atoms with Crippen molar-refractivity contribution in [1.29, 1.82) is 0 Å². The first-order chi connectivity index (χ1) is 35.9. The van der Waals surface area contributed by atoms with Gasteiger partial charge in [0.1, 0.15) is 29.3 Å². The average Bonchev–Trinajstić information content (AvgIpc) is 3.42. The zero-order valence-corrected chi connectivity index (χ0v) is 45.5. The van der Waals surface area contributed by atoms with E-state index in [0.717, 1.165) is 42.4 Å². The molecule has 0 saturated heterocycles. The highest BCUT2D eigenvalue weighted by Gasteiger charge is 2.45. The molecule has 0 aliphatic rings. The van der Waals surface area contributed by atoms with Crippen LogP contribution in [0.4, 0.5) is 0 Å². The maximum Gasteiger partial charge on any atom is 0.243 e. The summed E-state index contributed by atoms with van der Waals surface area (Å²) in [6.45, 7) is 6.42. The minimum atomic E-state index is -1.52. The van der Waals surface area contributed by atoms with Crippen LogP contribution in [0.25, 0.3) is 0 Å². The minimum Gasteiger partial charge on any atom is -0.455 e. The molecule has 4 unspecified atom stereocenters. The second kappa shape index (κ2) is 35.7. The van der Waals surface area contributed by atoms with Crippen LogP contribution in [-0.4, -0.2) is 46.0 Å². The zero-order chi connectivity index (χ0) is 51.6. The minimum absolute atomic E-state index is 0.0849. The van der Waals surface area contributed by atoms with Crippen LogP contribution in [0, 0.1) is 0 Å². The quantitative estimate of drug-likeness (QED) is 0.0205. The molecule has 6 nitrogen and oxygen atoms in total. The van der Waals surface area contributed by atoms with Gasteiger partial charge in [0.25, 0.3) is 0 Å². The molecule has 0 bridgehead atoms. The van der Waals surface area contributed by atoms with E-state index in [1.54, 1.807) is 0 Å². The summed E-state index contributed by atoms with van der Waals surface area (Å²) in [6.07, 6.45) is 27.5. The summed E-state index contributed by atoms with van der Waals surface area (Å²) < 4.78 is 20.6. The Morgan fingerprint density at radius 3 is 1.07 bits per heavy atom. The number of benzene rings is 5. The zero-order valence-electron chi connectivity index (χ0n) is 45.5. The SMILES string of the molecule is CCCCCCCCCCCCCCc1cccc(OC(CC(O)C(O)C(OC(c2ccccc2)(c2ccccc2)c2ccccc2)C(O)CC)Oc2cccc(CCCCCCCCCCCCCC)c2)c1. The van der Waals surface area contributed by atoms with E-state index in [1.165, 1.54) is 152 Å². The normalized spacial score (nSPS) is 13.5. The molecule has 0 aliphatic heterocycles. The van der Waals surface area contributed by atoms with E-state index in [-0.39, 0.29) is 12.8 Å². The van der Waals surface area contributed by atoms with E-state index in [0.29, 0.717) is 11.5 Å². The summed E-state index contributed by atoms with van der Waals surface area (Å²) in [6, 6.07) is 46.2. The van der Waals surface area contributed by atoms with Crippen molar-refractivity contribution in [2.24, 2.45) is 0 Å². The molecule has 6 heteroatoms. The topological polar surface area (TPSA) is 88.4 Å². The molecule has 73 heavy (non-hydrogen) atoms. The van der Waals surface area contributed by atoms with E-state index in [2.05, 4.69) is 38.1 Å². The first kappa shape index (κ1) is 59.4. The van der Waals surface area contributed by atoms with Gasteiger partial charge < -0.3 is 29.5 Å². The first-order valence-corrected chi connectivity index (χ1v) is 29.3. The molecule has 400 valence electrons. The number of aliphatic hydroxyl groups is 3. The highest BCUT2D eigenvalue weighted by Crippen LogP contribution is 2.43. The second-order valence-electron chi connectivity index (χ2n) is 20.9. The van der Waals surface area contributed by atoms with Crippen molar-refractivity contribution in [3.63, 3.8) is 0 Å². The summed E-state index contributed by atoms with van der Waals surface area (Å²) in [7, 11) is 0. The molecule has 4 atom stereocenters. The molecule has 0 saturated carbocycles. The monoisotopic (exact) mass is 997 g/mol. The number of ether oxygens (including phenoxy) is 3. The number of unbranched alkanes of at least 4 members (excludes halogenated alkanes) is 22. The maximum absolute atomic E-state index is 12.4. The average molecular weight is 997 g/mol. The van der Waals surface area contributed by atoms with E-state index >= 15 is 0 Å². The van der Waals surface area contributed by atoms with Gasteiger partial charge in [-0.25, -0.2) is 0 Å². The summed E-state index contributed by atoms with van der Waals surface area (Å²) in [5.41, 5.74) is 3.66. The Labute approximate surface area is 443 Å². The van der Waals surface area contributed by atoms with E-state index < -0.39 is 36.3 Å². The van der Waals surface area contributed by atoms with Crippen LogP contribution < -0.4 is 9.47 Å². The van der Waals surface area contributed by atoms with Crippen molar-refractivity contribution in [1.82, 2.24) is 0 Å². The van der Waals surface area contributed by atoms with Gasteiger partial charge in [-0.1, -0.05) is 277 Å². The van der Waals surface area contributed by atoms with Gasteiger partial charge in [0.15, 0.2) is 0 Å². The lowest BCUT2D eigenvalue weighted by Crippen LogP contribution is -2.52. The highest BCUT2D eigenvalue weighted by atomic mass is 16.7. The molecule has 0 amide bonds. The molecule has 5 aromatic rings. The number of hydrogen-bond acceptors (Lipinski definition) is 6. The van der Waals surface area contributed by atoms with Gasteiger partial charge in [-0.2, -0.15) is 0 Å². The number of aryl methyl sites for hydroxylation is 2. The van der Waals surface area contributed by atoms with Crippen LogP contribution in [0.15, 0.2) is 140 Å². The van der Waals surface area contributed by atoms with E-state index in [9.17, 15) is 15.3 Å². The lowest BCUT2D eigenvalue weighted by Gasteiger charge is -2.42. The van der Waals surface area contributed by atoms with Crippen LogP contribution in [0.5, 0.6) is 11.5 Å². The Bertz CT molecular complexity index is 1940. The summed E-state index contributed by atoms with van der Waals surface area (Å²) in [5, 5.41) is 36.4. The van der Waals surface area contributed by atoms with Crippen LogP contribution in [-0.2, 0) is 23.2 Å². The van der Waals surface area contributed by atoms with Crippen molar-refractivity contribution in [2.45, 2.75) is 237 Å². The van der Waals surface area contributed by atoms with Crippen molar-refractivity contribution in [3.8, 4) is 11.5 Å². The third-order valence-electron chi connectivity index (χ3n) is 14.8. The highest BCUT2D eigenvalue weighted by molar-refractivity contribution is 5.47. The first-order valence-electron chi connectivity index (χ1n) is 29.3. The van der Waals surface area contributed by atoms with Gasteiger partial charge in [0, 0.05) is 0 Å². The standard InChI is InChI=1S/C67H96O6/c1-4-7-9-11-13-15-17-19-21-23-25-30-40-55-42-38-50-60(52-55)71-64(72-61-51-39-43-56(53-61)41-31-26-24-22-20-18-16-14-12-10-8-5-2)54-63(69)65(70)66(62(68)6-3)73-67(57-44-32-27-33-45-57,58-46-34-28-35-47-58)59-48-36-29-37-49-59/h27-29,32-39,42-53,62-66,68-70H,4-26,30-31,40-41,54H2,1-3H3. The second-order valence-corrected chi connectivity index (χ2v) is 20.9. The van der Waals surface area contributed by atoms with Crippen molar-refractivity contribution in [2.75, 3.05) is 0 Å². The Kier molecular flexibility index (Phi) is 29.0. The number of hydrogen-bond donors (Lipinski definition) is 3. The Morgan fingerprint density at radius 2 is 0.726 bits per heavy atom. The molecule has 0 fully saturated rings. The summed E-state index contributed by atoms with van der Waals surface area (Å²) >= 11 is 0. The third kappa shape index (κ3) is 21.4. The Hall–Kier alpha value is -4.46. The molecule has 0 radical (unpaired) electrons. The van der Waals surface area contributed by atoms with Gasteiger partial charge in [-0.15, -0.1) is 0 Å². The molecule has 3 N–H and O–H groups in total. The van der Waals surface area contributed by atoms with Crippen LogP contribution >= 0.6 is 0 Å². The van der Waals surface area contributed by atoms with Crippen molar-refractivity contribution in [3.05, 3.63) is 167 Å². The van der Waals surface area contributed by atoms with Crippen molar-refractivity contribution < 1.29 is 29.5 Å². The lowest BCUT2D eigenvalue weighted by atomic mass is 9.79. The van der Waals surface area contributed by atoms with Gasteiger partial charge >= 0.3 is 0 Å². The summed E-state index contributed by atoms with van der Waals surface area (Å²) in [4.78, 5) is 0. The number of rotatable bonds is 41. The van der Waals surface area contributed by atoms with Gasteiger partial charge in [0.2, 0.25) is 6.29 Å². The number of aliphatic hydroxyl groups excluding tert-OH is 3. The Balaban J connectivity index is 1.29. The van der Waals surface area contributed by atoms with E-state index in [1.807, 2.05) is 122 Å². The molecule has 0 aromatic heterocycles. The summed E-state index contributed by atoms with van der Waals surface area (Å²) in [5.74, 6) is 1.29. The molecule has 0 spiro atoms.